The minimum atomic E-state index is -0.316. The smallest absolute Gasteiger partial charge is 0.291 e. The van der Waals surface area contributed by atoms with E-state index in [1.165, 1.54) is 0 Å². The van der Waals surface area contributed by atoms with Gasteiger partial charge in [-0.25, -0.2) is 9.50 Å². The second-order valence-corrected chi connectivity index (χ2v) is 5.88. The van der Waals surface area contributed by atoms with Crippen molar-refractivity contribution in [3.05, 3.63) is 47.0 Å². The molecule has 3 heterocycles. The molecule has 1 aliphatic rings. The molecule has 0 fully saturated rings. The number of aromatic nitrogens is 4. The summed E-state index contributed by atoms with van der Waals surface area (Å²) in [5.74, 6) is 1.72. The van der Waals surface area contributed by atoms with Crippen LogP contribution < -0.4 is 14.8 Å². The highest BCUT2D eigenvalue weighted by molar-refractivity contribution is 5.90. The van der Waals surface area contributed by atoms with Crippen LogP contribution in [0.3, 0.4) is 0 Å². The van der Waals surface area contributed by atoms with Crippen molar-refractivity contribution < 1.29 is 14.3 Å². The van der Waals surface area contributed by atoms with E-state index in [-0.39, 0.29) is 18.5 Å². The third-order valence-corrected chi connectivity index (χ3v) is 3.96. The van der Waals surface area contributed by atoms with E-state index < -0.39 is 0 Å². The number of hydrogen-bond donors (Lipinski definition) is 1. The summed E-state index contributed by atoms with van der Waals surface area (Å²) in [7, 11) is 0. The molecule has 0 spiro atoms. The molecule has 1 aliphatic heterocycles. The summed E-state index contributed by atoms with van der Waals surface area (Å²) >= 11 is 0. The molecule has 0 atom stereocenters. The van der Waals surface area contributed by atoms with Gasteiger partial charge in [0.1, 0.15) is 0 Å². The molecular weight excluding hydrogens is 322 g/mol. The molecule has 0 unspecified atom stereocenters. The number of hydrogen-bond acceptors (Lipinski definition) is 6. The van der Waals surface area contributed by atoms with Crippen LogP contribution in [0.5, 0.6) is 11.5 Å². The van der Waals surface area contributed by atoms with E-state index in [4.69, 9.17) is 9.47 Å². The predicted octanol–water partition coefficient (Wildman–Crippen LogP) is 1.44. The third kappa shape index (κ3) is 2.98. The average Bonchev–Trinajstić information content (AvgIpc) is 3.20. The van der Waals surface area contributed by atoms with E-state index in [0.717, 1.165) is 28.5 Å². The topological polar surface area (TPSA) is 90.6 Å². The van der Waals surface area contributed by atoms with Gasteiger partial charge in [0.15, 0.2) is 11.5 Å². The molecule has 0 radical (unpaired) electrons. The van der Waals surface area contributed by atoms with E-state index in [1.807, 2.05) is 38.1 Å². The van der Waals surface area contributed by atoms with Crippen LogP contribution in [0.1, 0.15) is 27.6 Å². The Labute approximate surface area is 143 Å². The molecular formula is C17H17N5O3. The van der Waals surface area contributed by atoms with Gasteiger partial charge in [0, 0.05) is 17.9 Å². The number of carbonyl (C=O) groups is 1. The van der Waals surface area contributed by atoms with Crippen LogP contribution in [0.4, 0.5) is 0 Å². The highest BCUT2D eigenvalue weighted by atomic mass is 16.7. The molecule has 3 aromatic rings. The van der Waals surface area contributed by atoms with Gasteiger partial charge in [-0.15, -0.1) is 5.10 Å². The first-order valence-corrected chi connectivity index (χ1v) is 7.98. The minimum Gasteiger partial charge on any atom is -0.454 e. The lowest BCUT2D eigenvalue weighted by molar-refractivity contribution is 0.0944. The van der Waals surface area contributed by atoms with Gasteiger partial charge in [0.2, 0.25) is 12.6 Å². The molecule has 128 valence electrons. The van der Waals surface area contributed by atoms with Gasteiger partial charge in [-0.1, -0.05) is 6.07 Å². The van der Waals surface area contributed by atoms with Crippen molar-refractivity contribution in [1.82, 2.24) is 24.9 Å². The van der Waals surface area contributed by atoms with E-state index in [1.54, 1.807) is 4.52 Å². The Morgan fingerprint density at radius 3 is 2.92 bits per heavy atom. The number of carbonyl (C=O) groups excluding carboxylic acids is 1. The van der Waals surface area contributed by atoms with E-state index in [9.17, 15) is 4.79 Å². The zero-order chi connectivity index (χ0) is 17.4. The fourth-order valence-electron chi connectivity index (χ4n) is 2.76. The first kappa shape index (κ1) is 15.4. The number of nitrogens with zero attached hydrogens (tertiary/aromatic N) is 4. The standard InChI is InChI=1S/C17H17N5O3/c1-10-7-11(2)22-17(19-10)20-15(21-22)16(23)18-6-5-12-3-4-13-14(8-12)25-9-24-13/h3-4,7-8H,5-6,9H2,1-2H3,(H,18,23). The van der Waals surface area contributed by atoms with Crippen molar-refractivity contribution in [3.63, 3.8) is 0 Å². The maximum Gasteiger partial charge on any atom is 0.291 e. The summed E-state index contributed by atoms with van der Waals surface area (Å²) in [4.78, 5) is 20.7. The fraction of sp³-hybridized carbons (Fsp3) is 0.294. The van der Waals surface area contributed by atoms with Crippen molar-refractivity contribution in [1.29, 1.82) is 0 Å². The maximum atomic E-state index is 12.3. The Morgan fingerprint density at radius 1 is 1.20 bits per heavy atom. The lowest BCUT2D eigenvalue weighted by Crippen LogP contribution is -2.26. The molecule has 0 saturated heterocycles. The summed E-state index contributed by atoms with van der Waals surface area (Å²) in [5.41, 5.74) is 2.78. The van der Waals surface area contributed by atoms with E-state index in [2.05, 4.69) is 20.4 Å². The number of benzene rings is 1. The van der Waals surface area contributed by atoms with E-state index >= 15 is 0 Å². The van der Waals surface area contributed by atoms with Gasteiger partial charge in [0.05, 0.1) is 0 Å². The molecule has 0 bridgehead atoms. The maximum absolute atomic E-state index is 12.3. The Kier molecular flexibility index (Phi) is 3.72. The largest absolute Gasteiger partial charge is 0.454 e. The van der Waals surface area contributed by atoms with Crippen molar-refractivity contribution in [2.45, 2.75) is 20.3 Å². The quantitative estimate of drug-likeness (QED) is 0.773. The second-order valence-electron chi connectivity index (χ2n) is 5.88. The molecule has 8 nitrogen and oxygen atoms in total. The Morgan fingerprint density at radius 2 is 2.04 bits per heavy atom. The summed E-state index contributed by atoms with van der Waals surface area (Å²) in [6.07, 6.45) is 0.673. The number of amides is 1. The SMILES string of the molecule is Cc1cc(C)n2nc(C(=O)NCCc3ccc4c(c3)OCO4)nc2n1. The first-order valence-electron chi connectivity index (χ1n) is 7.98. The van der Waals surface area contributed by atoms with Gasteiger partial charge < -0.3 is 14.8 Å². The first-order chi connectivity index (χ1) is 12.1. The van der Waals surface area contributed by atoms with Crippen LogP contribution in [0.15, 0.2) is 24.3 Å². The average molecular weight is 339 g/mol. The number of aryl methyl sites for hydroxylation is 2. The van der Waals surface area contributed by atoms with Gasteiger partial charge in [-0.05, 0) is 44.0 Å². The highest BCUT2D eigenvalue weighted by Gasteiger charge is 2.16. The summed E-state index contributed by atoms with van der Waals surface area (Å²) < 4.78 is 12.2. The van der Waals surface area contributed by atoms with Crippen LogP contribution in [-0.4, -0.2) is 38.8 Å². The van der Waals surface area contributed by atoms with E-state index in [0.29, 0.717) is 18.7 Å². The summed E-state index contributed by atoms with van der Waals surface area (Å²) in [6.45, 7) is 4.51. The number of ether oxygens (including phenoxy) is 2. The molecule has 0 saturated carbocycles. The summed E-state index contributed by atoms with van der Waals surface area (Å²) in [5, 5.41) is 7.05. The fourth-order valence-corrected chi connectivity index (χ4v) is 2.76. The van der Waals surface area contributed by atoms with Gasteiger partial charge in [-0.3, -0.25) is 4.79 Å². The molecule has 1 aromatic carbocycles. The summed E-state index contributed by atoms with van der Waals surface area (Å²) in [6, 6.07) is 7.65. The molecule has 1 amide bonds. The second kappa shape index (κ2) is 6.04. The van der Waals surface area contributed by atoms with Crippen molar-refractivity contribution in [3.8, 4) is 11.5 Å². The predicted molar refractivity (Wildman–Crippen MR) is 88.9 cm³/mol. The molecule has 8 heteroatoms. The van der Waals surface area contributed by atoms with Crippen molar-refractivity contribution >= 4 is 11.7 Å². The van der Waals surface area contributed by atoms with Gasteiger partial charge in [-0.2, -0.15) is 4.98 Å². The highest BCUT2D eigenvalue weighted by Crippen LogP contribution is 2.32. The number of fused-ring (bicyclic) bond motifs is 2. The molecule has 2 aromatic heterocycles. The molecule has 0 aliphatic carbocycles. The van der Waals surface area contributed by atoms with Crippen LogP contribution in [0, 0.1) is 13.8 Å². The minimum absolute atomic E-state index is 0.117. The van der Waals surface area contributed by atoms with Gasteiger partial charge >= 0.3 is 0 Å². The Balaban J connectivity index is 1.41. The monoisotopic (exact) mass is 339 g/mol. The zero-order valence-corrected chi connectivity index (χ0v) is 13.9. The third-order valence-electron chi connectivity index (χ3n) is 3.96. The molecule has 25 heavy (non-hydrogen) atoms. The van der Waals surface area contributed by atoms with Crippen molar-refractivity contribution in [2.24, 2.45) is 0 Å². The van der Waals surface area contributed by atoms with Crippen LogP contribution in [0.2, 0.25) is 0 Å². The number of nitrogens with one attached hydrogen (secondary N) is 1. The van der Waals surface area contributed by atoms with Crippen LogP contribution in [-0.2, 0) is 6.42 Å². The lowest BCUT2D eigenvalue weighted by atomic mass is 10.1. The normalized spacial score (nSPS) is 12.6. The molecule has 4 rings (SSSR count). The van der Waals surface area contributed by atoms with Crippen LogP contribution >= 0.6 is 0 Å². The van der Waals surface area contributed by atoms with Crippen molar-refractivity contribution in [2.75, 3.05) is 13.3 Å². The zero-order valence-electron chi connectivity index (χ0n) is 13.9. The Bertz CT molecular complexity index is 966. The lowest BCUT2D eigenvalue weighted by Gasteiger charge is -2.04. The number of rotatable bonds is 4. The van der Waals surface area contributed by atoms with Gasteiger partial charge in [0.25, 0.3) is 11.7 Å². The molecule has 1 N–H and O–H groups in total. The Hall–Kier alpha value is -3.16. The van der Waals surface area contributed by atoms with Crippen LogP contribution in [0.25, 0.3) is 5.78 Å².